The van der Waals surface area contributed by atoms with Crippen LogP contribution in [0.15, 0.2) is 0 Å². The number of halogens is 3. The summed E-state index contributed by atoms with van der Waals surface area (Å²) in [4.78, 5) is 7.47. The molecule has 1 aromatic heterocycles. The number of aromatic nitrogens is 2. The number of nitrogens with two attached hydrogens (primary N) is 1. The molecule has 0 saturated carbocycles. The van der Waals surface area contributed by atoms with E-state index in [1.165, 1.54) is 0 Å². The Morgan fingerprint density at radius 1 is 1.38 bits per heavy atom. The highest BCUT2D eigenvalue weighted by molar-refractivity contribution is 6.34. The van der Waals surface area contributed by atoms with Gasteiger partial charge in [-0.3, -0.25) is 0 Å². The molecule has 0 atom stereocenters. The molecule has 0 amide bonds. The smallest absolute Gasteiger partial charge is 0.225 e. The van der Waals surface area contributed by atoms with Gasteiger partial charge in [-0.25, -0.2) is 4.98 Å². The monoisotopic (exact) mass is 242 g/mol. The van der Waals surface area contributed by atoms with Crippen LogP contribution in [0.2, 0.25) is 10.4 Å². The Labute approximate surface area is 92.2 Å². The molecular weight excluding hydrogens is 234 g/mol. The van der Waals surface area contributed by atoms with Gasteiger partial charge in [-0.1, -0.05) is 11.6 Å². The Hall–Kier alpha value is -0.450. The second-order valence-corrected chi connectivity index (χ2v) is 2.77. The van der Waals surface area contributed by atoms with Gasteiger partial charge in [0.1, 0.15) is 5.69 Å². The molecule has 1 heterocycles. The SMILES string of the molecule is CCNc1c(N)nc(Cl)nc1Cl.Cl. The minimum atomic E-state index is 0. The van der Waals surface area contributed by atoms with E-state index in [9.17, 15) is 0 Å². The summed E-state index contributed by atoms with van der Waals surface area (Å²) < 4.78 is 0. The molecule has 0 aliphatic carbocycles. The van der Waals surface area contributed by atoms with E-state index >= 15 is 0 Å². The van der Waals surface area contributed by atoms with Crippen molar-refractivity contribution in [1.29, 1.82) is 0 Å². The summed E-state index contributed by atoms with van der Waals surface area (Å²) in [5.41, 5.74) is 6.06. The van der Waals surface area contributed by atoms with E-state index < -0.39 is 0 Å². The summed E-state index contributed by atoms with van der Waals surface area (Å²) >= 11 is 11.2. The summed E-state index contributed by atoms with van der Waals surface area (Å²) in [6, 6.07) is 0. The summed E-state index contributed by atoms with van der Waals surface area (Å²) in [5, 5.41) is 3.23. The molecule has 13 heavy (non-hydrogen) atoms. The Bertz CT molecular complexity index is 268. The van der Waals surface area contributed by atoms with Gasteiger partial charge in [-0.05, 0) is 18.5 Å². The lowest BCUT2D eigenvalue weighted by Gasteiger charge is -2.07. The first-order valence-corrected chi connectivity index (χ1v) is 4.13. The molecule has 0 spiro atoms. The highest BCUT2D eigenvalue weighted by atomic mass is 35.5. The quantitative estimate of drug-likeness (QED) is 0.617. The summed E-state index contributed by atoms with van der Waals surface area (Å²) in [6.07, 6.45) is 0. The predicted molar refractivity (Wildman–Crippen MR) is 57.9 cm³/mol. The van der Waals surface area contributed by atoms with Crippen LogP contribution in [0.4, 0.5) is 11.5 Å². The third-order valence-electron chi connectivity index (χ3n) is 1.22. The van der Waals surface area contributed by atoms with Gasteiger partial charge in [0.2, 0.25) is 5.28 Å². The first-order chi connectivity index (χ1) is 5.65. The number of nitrogens with zero attached hydrogens (tertiary/aromatic N) is 2. The Kier molecular flexibility index (Phi) is 5.13. The Morgan fingerprint density at radius 3 is 2.46 bits per heavy atom. The molecule has 0 unspecified atom stereocenters. The minimum absolute atomic E-state index is 0. The average Bonchev–Trinajstić information content (AvgIpc) is 1.96. The third kappa shape index (κ3) is 3.06. The molecule has 0 fully saturated rings. The lowest BCUT2D eigenvalue weighted by Crippen LogP contribution is -2.05. The lowest BCUT2D eigenvalue weighted by atomic mass is 10.4. The molecule has 3 N–H and O–H groups in total. The average molecular weight is 244 g/mol. The van der Waals surface area contributed by atoms with Crippen LogP contribution in [-0.4, -0.2) is 16.5 Å². The molecule has 1 aromatic rings. The number of nitrogens with one attached hydrogen (secondary N) is 1. The van der Waals surface area contributed by atoms with E-state index in [2.05, 4.69) is 15.3 Å². The summed E-state index contributed by atoms with van der Waals surface area (Å²) in [6.45, 7) is 2.62. The first kappa shape index (κ1) is 12.5. The molecule has 4 nitrogen and oxygen atoms in total. The van der Waals surface area contributed by atoms with Crippen molar-refractivity contribution in [1.82, 2.24) is 9.97 Å². The van der Waals surface area contributed by atoms with Gasteiger partial charge in [0, 0.05) is 6.54 Å². The molecule has 0 bridgehead atoms. The van der Waals surface area contributed by atoms with Crippen LogP contribution in [0.1, 0.15) is 6.92 Å². The van der Waals surface area contributed by atoms with Gasteiger partial charge in [0.25, 0.3) is 0 Å². The fourth-order valence-electron chi connectivity index (χ4n) is 0.763. The van der Waals surface area contributed by atoms with Crippen molar-refractivity contribution in [2.24, 2.45) is 0 Å². The van der Waals surface area contributed by atoms with Crippen molar-refractivity contribution in [2.45, 2.75) is 6.92 Å². The second kappa shape index (κ2) is 5.32. The van der Waals surface area contributed by atoms with Crippen LogP contribution in [0.5, 0.6) is 0 Å². The zero-order valence-electron chi connectivity index (χ0n) is 6.84. The van der Waals surface area contributed by atoms with Gasteiger partial charge in [0.15, 0.2) is 11.0 Å². The maximum Gasteiger partial charge on any atom is 0.225 e. The van der Waals surface area contributed by atoms with Crippen molar-refractivity contribution in [3.63, 3.8) is 0 Å². The van der Waals surface area contributed by atoms with Crippen LogP contribution >= 0.6 is 35.6 Å². The Morgan fingerprint density at radius 2 is 2.00 bits per heavy atom. The zero-order chi connectivity index (χ0) is 9.14. The predicted octanol–water partition coefficient (Wildman–Crippen LogP) is 2.22. The van der Waals surface area contributed by atoms with Crippen LogP contribution in [0, 0.1) is 0 Å². The number of hydrogen-bond acceptors (Lipinski definition) is 4. The highest BCUT2D eigenvalue weighted by Gasteiger charge is 2.07. The third-order valence-corrected chi connectivity index (χ3v) is 1.66. The molecule has 1 rings (SSSR count). The number of hydrogen-bond donors (Lipinski definition) is 2. The van der Waals surface area contributed by atoms with Crippen molar-refractivity contribution >= 4 is 47.1 Å². The van der Waals surface area contributed by atoms with Crippen LogP contribution in [-0.2, 0) is 0 Å². The van der Waals surface area contributed by atoms with Crippen LogP contribution in [0.3, 0.4) is 0 Å². The maximum absolute atomic E-state index is 5.74. The minimum Gasteiger partial charge on any atom is -0.382 e. The standard InChI is InChI=1S/C6H8Cl2N4.ClH/c1-2-10-3-4(7)11-6(8)12-5(3)9;/h10H,2H2,1H3,(H2,9,11,12);1H. The molecule has 0 aliphatic heterocycles. The summed E-state index contributed by atoms with van der Waals surface area (Å²) in [5.74, 6) is 0.266. The molecule has 0 aliphatic rings. The lowest BCUT2D eigenvalue weighted by molar-refractivity contribution is 1.14. The number of rotatable bonds is 2. The van der Waals surface area contributed by atoms with E-state index in [0.29, 0.717) is 12.2 Å². The van der Waals surface area contributed by atoms with Crippen LogP contribution in [0.25, 0.3) is 0 Å². The van der Waals surface area contributed by atoms with Crippen LogP contribution < -0.4 is 11.1 Å². The normalized spacial score (nSPS) is 9.15. The number of anilines is 2. The zero-order valence-corrected chi connectivity index (χ0v) is 9.17. The van der Waals surface area contributed by atoms with Gasteiger partial charge in [-0.15, -0.1) is 12.4 Å². The van der Waals surface area contributed by atoms with E-state index in [4.69, 9.17) is 28.9 Å². The van der Waals surface area contributed by atoms with Gasteiger partial charge in [0.05, 0.1) is 0 Å². The van der Waals surface area contributed by atoms with Crippen molar-refractivity contribution in [3.8, 4) is 0 Å². The topological polar surface area (TPSA) is 63.8 Å². The first-order valence-electron chi connectivity index (χ1n) is 3.37. The second-order valence-electron chi connectivity index (χ2n) is 2.07. The van der Waals surface area contributed by atoms with E-state index in [0.717, 1.165) is 0 Å². The Balaban J connectivity index is 0.00000144. The van der Waals surface area contributed by atoms with Crippen molar-refractivity contribution in [2.75, 3.05) is 17.6 Å². The maximum atomic E-state index is 5.74. The molecular formula is C6H9Cl3N4. The highest BCUT2D eigenvalue weighted by Crippen LogP contribution is 2.25. The molecule has 74 valence electrons. The van der Waals surface area contributed by atoms with Gasteiger partial charge >= 0.3 is 0 Å². The molecule has 0 saturated heterocycles. The largest absolute Gasteiger partial charge is 0.382 e. The van der Waals surface area contributed by atoms with Crippen molar-refractivity contribution < 1.29 is 0 Å². The van der Waals surface area contributed by atoms with E-state index in [1.54, 1.807) is 0 Å². The fourth-order valence-corrected chi connectivity index (χ4v) is 1.23. The summed E-state index contributed by atoms with van der Waals surface area (Å²) in [7, 11) is 0. The van der Waals surface area contributed by atoms with E-state index in [1.807, 2.05) is 6.92 Å². The number of nitrogen functional groups attached to an aromatic ring is 1. The van der Waals surface area contributed by atoms with Gasteiger partial charge in [-0.2, -0.15) is 4.98 Å². The van der Waals surface area contributed by atoms with Crippen molar-refractivity contribution in [3.05, 3.63) is 10.4 Å². The molecule has 0 aromatic carbocycles. The molecule has 0 radical (unpaired) electrons. The van der Waals surface area contributed by atoms with Gasteiger partial charge < -0.3 is 11.1 Å². The molecule has 7 heteroatoms. The van der Waals surface area contributed by atoms with E-state index in [-0.39, 0.29) is 28.7 Å². The fraction of sp³-hybridized carbons (Fsp3) is 0.333.